The van der Waals surface area contributed by atoms with Gasteiger partial charge >= 0.3 is 0 Å². The molecule has 1 aromatic heterocycles. The maximum Gasteiger partial charge on any atom is 0.0327 e. The minimum Gasteiger partial charge on any atom is -0.314 e. The molecule has 1 unspecified atom stereocenters. The zero-order valence-corrected chi connectivity index (χ0v) is 11.2. The highest BCUT2D eigenvalue weighted by Gasteiger charge is 2.12. The monoisotopic (exact) mass is 288 g/mol. The molecule has 1 fully saturated rings. The van der Waals surface area contributed by atoms with E-state index in [1.54, 1.807) is 0 Å². The highest BCUT2D eigenvalue weighted by molar-refractivity contribution is 9.10. The van der Waals surface area contributed by atoms with E-state index in [2.05, 4.69) is 38.0 Å². The zero-order chi connectivity index (χ0) is 10.5. The van der Waals surface area contributed by atoms with E-state index < -0.39 is 0 Å². The lowest BCUT2D eigenvalue weighted by atomic mass is 10.1. The van der Waals surface area contributed by atoms with Crippen molar-refractivity contribution in [2.75, 3.05) is 13.1 Å². The SMILES string of the molecule is Brc1ccsc1CNCCC1CCCN1. The molecule has 0 bridgehead atoms. The molecule has 1 aliphatic rings. The van der Waals surface area contributed by atoms with Crippen LogP contribution in [-0.4, -0.2) is 19.1 Å². The van der Waals surface area contributed by atoms with Crippen LogP contribution in [0.2, 0.25) is 0 Å². The summed E-state index contributed by atoms with van der Waals surface area (Å²) in [6, 6.07) is 2.87. The minimum absolute atomic E-state index is 0.754. The van der Waals surface area contributed by atoms with Gasteiger partial charge in [-0.1, -0.05) is 0 Å². The topological polar surface area (TPSA) is 24.1 Å². The lowest BCUT2D eigenvalue weighted by Gasteiger charge is -2.10. The van der Waals surface area contributed by atoms with Gasteiger partial charge in [-0.3, -0.25) is 0 Å². The first-order chi connectivity index (χ1) is 7.36. The Bertz CT molecular complexity index is 295. The second-order valence-electron chi connectivity index (χ2n) is 3.95. The molecule has 4 heteroatoms. The Morgan fingerprint density at radius 1 is 1.60 bits per heavy atom. The van der Waals surface area contributed by atoms with Gasteiger partial charge in [-0.05, 0) is 59.7 Å². The Morgan fingerprint density at radius 2 is 2.53 bits per heavy atom. The van der Waals surface area contributed by atoms with Crippen LogP contribution in [0.5, 0.6) is 0 Å². The van der Waals surface area contributed by atoms with Crippen LogP contribution in [0.15, 0.2) is 15.9 Å². The molecule has 84 valence electrons. The second kappa shape index (κ2) is 5.99. The Labute approximate surface area is 104 Å². The highest BCUT2D eigenvalue weighted by Crippen LogP contribution is 2.22. The summed E-state index contributed by atoms with van der Waals surface area (Å²) < 4.78 is 1.24. The van der Waals surface area contributed by atoms with Crippen molar-refractivity contribution in [1.29, 1.82) is 0 Å². The molecule has 2 nitrogen and oxygen atoms in total. The normalized spacial score (nSPS) is 21.0. The zero-order valence-electron chi connectivity index (χ0n) is 8.76. The third-order valence-corrected chi connectivity index (χ3v) is 4.73. The van der Waals surface area contributed by atoms with Gasteiger partial charge in [0.1, 0.15) is 0 Å². The Balaban J connectivity index is 1.60. The number of rotatable bonds is 5. The van der Waals surface area contributed by atoms with E-state index in [0.29, 0.717) is 0 Å². The quantitative estimate of drug-likeness (QED) is 0.815. The number of nitrogens with one attached hydrogen (secondary N) is 2. The lowest BCUT2D eigenvalue weighted by Crippen LogP contribution is -2.26. The van der Waals surface area contributed by atoms with Crippen molar-refractivity contribution in [1.82, 2.24) is 10.6 Å². The predicted molar refractivity (Wildman–Crippen MR) is 69.4 cm³/mol. The van der Waals surface area contributed by atoms with E-state index in [1.165, 1.54) is 35.2 Å². The molecule has 0 radical (unpaired) electrons. The molecular weight excluding hydrogens is 272 g/mol. The van der Waals surface area contributed by atoms with E-state index in [9.17, 15) is 0 Å². The third-order valence-electron chi connectivity index (χ3n) is 2.81. The maximum absolute atomic E-state index is 3.54. The van der Waals surface area contributed by atoms with Gasteiger partial charge in [0.15, 0.2) is 0 Å². The van der Waals surface area contributed by atoms with Gasteiger partial charge in [0.25, 0.3) is 0 Å². The second-order valence-corrected chi connectivity index (χ2v) is 5.81. The molecule has 1 atom stereocenters. The average Bonchev–Trinajstić information content (AvgIpc) is 2.85. The van der Waals surface area contributed by atoms with Gasteiger partial charge in [0.05, 0.1) is 0 Å². The molecular formula is C11H17BrN2S. The lowest BCUT2D eigenvalue weighted by molar-refractivity contribution is 0.524. The first-order valence-corrected chi connectivity index (χ1v) is 7.19. The molecule has 0 amide bonds. The summed E-state index contributed by atoms with van der Waals surface area (Å²) in [5.41, 5.74) is 0. The summed E-state index contributed by atoms with van der Waals surface area (Å²) in [5, 5.41) is 9.14. The van der Waals surface area contributed by atoms with Gasteiger partial charge in [-0.15, -0.1) is 11.3 Å². The van der Waals surface area contributed by atoms with Crippen LogP contribution < -0.4 is 10.6 Å². The maximum atomic E-state index is 3.54. The van der Waals surface area contributed by atoms with E-state index in [1.807, 2.05) is 11.3 Å². The summed E-state index contributed by atoms with van der Waals surface area (Å²) >= 11 is 5.35. The molecule has 0 saturated carbocycles. The Kier molecular flexibility index (Phi) is 4.62. The van der Waals surface area contributed by atoms with Crippen LogP contribution in [0.4, 0.5) is 0 Å². The van der Waals surface area contributed by atoms with Gasteiger partial charge in [0, 0.05) is 21.9 Å². The number of halogens is 1. The summed E-state index contributed by atoms with van der Waals surface area (Å²) in [6.07, 6.45) is 3.95. The van der Waals surface area contributed by atoms with E-state index >= 15 is 0 Å². The van der Waals surface area contributed by atoms with Gasteiger partial charge < -0.3 is 10.6 Å². The molecule has 2 N–H and O–H groups in total. The van der Waals surface area contributed by atoms with Crippen molar-refractivity contribution in [3.8, 4) is 0 Å². The van der Waals surface area contributed by atoms with E-state index in [-0.39, 0.29) is 0 Å². The molecule has 1 saturated heterocycles. The number of thiophene rings is 1. The summed E-state index contributed by atoms with van der Waals surface area (Å²) in [7, 11) is 0. The van der Waals surface area contributed by atoms with Crippen LogP contribution in [0.25, 0.3) is 0 Å². The third kappa shape index (κ3) is 3.55. The molecule has 0 aromatic carbocycles. The standard InChI is InChI=1S/C11H17BrN2S/c12-10-4-7-15-11(10)8-13-6-3-9-2-1-5-14-9/h4,7,9,13-14H,1-3,5-6,8H2. The molecule has 15 heavy (non-hydrogen) atoms. The molecule has 2 heterocycles. The van der Waals surface area contributed by atoms with E-state index in [4.69, 9.17) is 0 Å². The van der Waals surface area contributed by atoms with Crippen molar-refractivity contribution >= 4 is 27.3 Å². The number of hydrogen-bond acceptors (Lipinski definition) is 3. The molecule has 1 aromatic rings. The predicted octanol–water partition coefficient (Wildman–Crippen LogP) is 2.74. The van der Waals surface area contributed by atoms with Crippen molar-refractivity contribution in [3.63, 3.8) is 0 Å². The largest absolute Gasteiger partial charge is 0.314 e. The number of hydrogen-bond donors (Lipinski definition) is 2. The summed E-state index contributed by atoms with van der Waals surface area (Å²) in [4.78, 5) is 1.40. The van der Waals surface area contributed by atoms with Crippen LogP contribution in [-0.2, 0) is 6.54 Å². The van der Waals surface area contributed by atoms with Crippen molar-refractivity contribution in [2.24, 2.45) is 0 Å². The fraction of sp³-hybridized carbons (Fsp3) is 0.636. The van der Waals surface area contributed by atoms with Gasteiger partial charge in [0.2, 0.25) is 0 Å². The summed E-state index contributed by atoms with van der Waals surface area (Å²) in [5.74, 6) is 0. The van der Waals surface area contributed by atoms with Crippen LogP contribution in [0.3, 0.4) is 0 Å². The smallest absolute Gasteiger partial charge is 0.0327 e. The highest BCUT2D eigenvalue weighted by atomic mass is 79.9. The van der Waals surface area contributed by atoms with Crippen molar-refractivity contribution < 1.29 is 0 Å². The fourth-order valence-corrected chi connectivity index (χ4v) is 3.39. The molecule has 0 aliphatic carbocycles. The molecule has 1 aliphatic heterocycles. The average molecular weight is 289 g/mol. The van der Waals surface area contributed by atoms with Crippen LogP contribution in [0.1, 0.15) is 24.1 Å². The molecule has 2 rings (SSSR count). The van der Waals surface area contributed by atoms with E-state index in [0.717, 1.165) is 19.1 Å². The summed E-state index contributed by atoms with van der Waals surface area (Å²) in [6.45, 7) is 3.31. The van der Waals surface area contributed by atoms with Crippen molar-refractivity contribution in [2.45, 2.75) is 31.8 Å². The van der Waals surface area contributed by atoms with Crippen molar-refractivity contribution in [3.05, 3.63) is 20.8 Å². The van der Waals surface area contributed by atoms with Crippen LogP contribution in [0, 0.1) is 0 Å². The van der Waals surface area contributed by atoms with Gasteiger partial charge in [-0.2, -0.15) is 0 Å². The fourth-order valence-electron chi connectivity index (χ4n) is 1.93. The first-order valence-electron chi connectivity index (χ1n) is 5.52. The van der Waals surface area contributed by atoms with Gasteiger partial charge in [-0.25, -0.2) is 0 Å². The minimum atomic E-state index is 0.754. The van der Waals surface area contributed by atoms with Crippen LogP contribution >= 0.6 is 27.3 Å². The Morgan fingerprint density at radius 3 is 3.20 bits per heavy atom. The Hall–Kier alpha value is 0.1000. The molecule has 0 spiro atoms. The first kappa shape index (κ1) is 11.6.